The Hall–Kier alpha value is -1.76. The summed E-state index contributed by atoms with van der Waals surface area (Å²) < 4.78 is 0. The average molecular weight is 394 g/mol. The van der Waals surface area contributed by atoms with Gasteiger partial charge in [0.2, 0.25) is 0 Å². The van der Waals surface area contributed by atoms with Gasteiger partial charge in [0, 0.05) is 11.4 Å². The summed E-state index contributed by atoms with van der Waals surface area (Å²) in [6.07, 6.45) is 4.70. The van der Waals surface area contributed by atoms with Crippen LogP contribution in [0.1, 0.15) is 79.4 Å². The SMILES string of the molecule is CC(Cc1ccccc1Nc1ccccc1CC(C)CC(C)(C)C)CC(C)(C)C. The average Bonchev–Trinajstić information content (AvgIpc) is 2.55. The second kappa shape index (κ2) is 9.83. The summed E-state index contributed by atoms with van der Waals surface area (Å²) in [5.74, 6) is 1.33. The van der Waals surface area contributed by atoms with Gasteiger partial charge in [0.25, 0.3) is 0 Å². The van der Waals surface area contributed by atoms with E-state index in [0.717, 1.165) is 12.8 Å². The second-order valence-electron chi connectivity index (χ2n) is 11.6. The Kier molecular flexibility index (Phi) is 7.97. The standard InChI is InChI=1S/C28H43N/c1-21(19-27(3,4)5)17-23-13-9-11-15-25(23)29-26-16-12-10-14-24(26)18-22(2)20-28(6,7)8/h9-16,21-22,29H,17-20H2,1-8H3. The van der Waals surface area contributed by atoms with Gasteiger partial charge in [0.1, 0.15) is 0 Å². The third-order valence-corrected chi connectivity index (χ3v) is 5.36. The molecule has 0 saturated heterocycles. The van der Waals surface area contributed by atoms with Crippen LogP contribution in [0.3, 0.4) is 0 Å². The Balaban J connectivity index is 2.16. The number of hydrogen-bond donors (Lipinski definition) is 1. The molecule has 2 aromatic carbocycles. The number of hydrogen-bond acceptors (Lipinski definition) is 1. The maximum absolute atomic E-state index is 3.78. The van der Waals surface area contributed by atoms with Crippen molar-refractivity contribution in [3.05, 3.63) is 59.7 Å². The Morgan fingerprint density at radius 2 is 0.966 bits per heavy atom. The lowest BCUT2D eigenvalue weighted by molar-refractivity contribution is 0.306. The number of nitrogens with one attached hydrogen (secondary N) is 1. The van der Waals surface area contributed by atoms with Gasteiger partial charge in [-0.3, -0.25) is 0 Å². The molecule has 0 aliphatic heterocycles. The molecular formula is C28H43N. The molecule has 2 unspecified atom stereocenters. The number of anilines is 2. The van der Waals surface area contributed by atoms with Crippen LogP contribution < -0.4 is 5.32 Å². The van der Waals surface area contributed by atoms with Crippen molar-refractivity contribution in [2.24, 2.45) is 22.7 Å². The molecule has 0 amide bonds. The number of benzene rings is 2. The van der Waals surface area contributed by atoms with Gasteiger partial charge >= 0.3 is 0 Å². The lowest BCUT2D eigenvalue weighted by Gasteiger charge is -2.25. The van der Waals surface area contributed by atoms with Crippen LogP contribution in [-0.2, 0) is 12.8 Å². The maximum atomic E-state index is 3.78. The van der Waals surface area contributed by atoms with E-state index in [1.807, 2.05) is 0 Å². The van der Waals surface area contributed by atoms with Crippen molar-refractivity contribution in [2.45, 2.75) is 81.1 Å². The van der Waals surface area contributed by atoms with Crippen LogP contribution in [0.25, 0.3) is 0 Å². The highest BCUT2D eigenvalue weighted by atomic mass is 14.9. The van der Waals surface area contributed by atoms with Gasteiger partial charge in [-0.2, -0.15) is 0 Å². The van der Waals surface area contributed by atoms with Crippen LogP contribution >= 0.6 is 0 Å². The van der Waals surface area contributed by atoms with Crippen molar-refractivity contribution in [1.82, 2.24) is 0 Å². The summed E-state index contributed by atoms with van der Waals surface area (Å²) >= 11 is 0. The first kappa shape index (κ1) is 23.5. The van der Waals surface area contributed by atoms with E-state index >= 15 is 0 Å². The summed E-state index contributed by atoms with van der Waals surface area (Å²) in [5.41, 5.74) is 6.09. The van der Waals surface area contributed by atoms with E-state index in [1.54, 1.807) is 0 Å². The van der Waals surface area contributed by atoms with Crippen molar-refractivity contribution in [3.63, 3.8) is 0 Å². The number of rotatable bonds is 8. The largest absolute Gasteiger partial charge is 0.355 e. The van der Waals surface area contributed by atoms with E-state index in [1.165, 1.54) is 35.3 Å². The van der Waals surface area contributed by atoms with Crippen molar-refractivity contribution in [3.8, 4) is 0 Å². The fourth-order valence-electron chi connectivity index (χ4n) is 4.77. The zero-order chi connectivity index (χ0) is 21.7. The highest BCUT2D eigenvalue weighted by Crippen LogP contribution is 2.32. The third-order valence-electron chi connectivity index (χ3n) is 5.36. The zero-order valence-corrected chi connectivity index (χ0v) is 20.1. The lowest BCUT2D eigenvalue weighted by atomic mass is 9.82. The van der Waals surface area contributed by atoms with E-state index in [0.29, 0.717) is 22.7 Å². The molecule has 2 aromatic rings. The van der Waals surface area contributed by atoms with Gasteiger partial charge in [-0.1, -0.05) is 91.8 Å². The maximum Gasteiger partial charge on any atom is 0.0416 e. The van der Waals surface area contributed by atoms with Crippen LogP contribution in [0.15, 0.2) is 48.5 Å². The molecule has 0 saturated carbocycles. The van der Waals surface area contributed by atoms with Crippen LogP contribution in [-0.4, -0.2) is 0 Å². The molecule has 2 atom stereocenters. The molecule has 29 heavy (non-hydrogen) atoms. The Bertz CT molecular complexity index is 695. The van der Waals surface area contributed by atoms with Gasteiger partial charge in [-0.25, -0.2) is 0 Å². The number of para-hydroxylation sites is 2. The Morgan fingerprint density at radius 3 is 1.31 bits per heavy atom. The molecule has 0 radical (unpaired) electrons. The van der Waals surface area contributed by atoms with E-state index in [4.69, 9.17) is 0 Å². The topological polar surface area (TPSA) is 12.0 Å². The molecule has 0 aliphatic rings. The van der Waals surface area contributed by atoms with Crippen molar-refractivity contribution in [1.29, 1.82) is 0 Å². The van der Waals surface area contributed by atoms with E-state index in [-0.39, 0.29) is 0 Å². The quantitative estimate of drug-likeness (QED) is 0.473. The molecule has 2 rings (SSSR count). The van der Waals surface area contributed by atoms with Crippen molar-refractivity contribution >= 4 is 11.4 Å². The van der Waals surface area contributed by atoms with Gasteiger partial charge in [-0.15, -0.1) is 0 Å². The van der Waals surface area contributed by atoms with E-state index in [9.17, 15) is 0 Å². The molecule has 0 bridgehead atoms. The lowest BCUT2D eigenvalue weighted by Crippen LogP contribution is -2.14. The Morgan fingerprint density at radius 1 is 0.621 bits per heavy atom. The molecule has 0 aliphatic carbocycles. The fraction of sp³-hybridized carbons (Fsp3) is 0.571. The van der Waals surface area contributed by atoms with Crippen LogP contribution in [0.4, 0.5) is 11.4 Å². The molecule has 0 heterocycles. The molecule has 1 nitrogen and oxygen atoms in total. The summed E-state index contributed by atoms with van der Waals surface area (Å²) in [5, 5.41) is 3.78. The van der Waals surface area contributed by atoms with E-state index in [2.05, 4.69) is 109 Å². The van der Waals surface area contributed by atoms with Crippen molar-refractivity contribution < 1.29 is 0 Å². The summed E-state index contributed by atoms with van der Waals surface area (Å²) in [4.78, 5) is 0. The molecule has 1 N–H and O–H groups in total. The third kappa shape index (κ3) is 8.64. The molecular weight excluding hydrogens is 350 g/mol. The Labute approximate surface area is 180 Å². The first-order chi connectivity index (χ1) is 13.4. The van der Waals surface area contributed by atoms with Crippen LogP contribution in [0, 0.1) is 22.7 Å². The van der Waals surface area contributed by atoms with Gasteiger partial charge < -0.3 is 5.32 Å². The monoisotopic (exact) mass is 393 g/mol. The van der Waals surface area contributed by atoms with E-state index < -0.39 is 0 Å². The minimum atomic E-state index is 0.373. The van der Waals surface area contributed by atoms with Gasteiger partial charge in [0.15, 0.2) is 0 Å². The first-order valence-corrected chi connectivity index (χ1v) is 11.4. The molecule has 0 aromatic heterocycles. The summed E-state index contributed by atoms with van der Waals surface area (Å²) in [6, 6.07) is 17.7. The smallest absolute Gasteiger partial charge is 0.0416 e. The summed E-state index contributed by atoms with van der Waals surface area (Å²) in [7, 11) is 0. The normalized spacial score (nSPS) is 14.5. The van der Waals surface area contributed by atoms with Gasteiger partial charge in [-0.05, 0) is 71.6 Å². The summed E-state index contributed by atoms with van der Waals surface area (Å²) in [6.45, 7) is 18.8. The predicted octanol–water partition coefficient (Wildman–Crippen LogP) is 8.66. The highest BCUT2D eigenvalue weighted by Gasteiger charge is 2.18. The highest BCUT2D eigenvalue weighted by molar-refractivity contribution is 5.66. The molecule has 0 fully saturated rings. The van der Waals surface area contributed by atoms with Gasteiger partial charge in [0.05, 0.1) is 0 Å². The van der Waals surface area contributed by atoms with Crippen LogP contribution in [0.2, 0.25) is 0 Å². The minimum Gasteiger partial charge on any atom is -0.355 e. The molecule has 0 spiro atoms. The van der Waals surface area contributed by atoms with Crippen molar-refractivity contribution in [2.75, 3.05) is 5.32 Å². The fourth-order valence-corrected chi connectivity index (χ4v) is 4.77. The first-order valence-electron chi connectivity index (χ1n) is 11.4. The molecule has 1 heteroatoms. The van der Waals surface area contributed by atoms with Crippen LogP contribution in [0.5, 0.6) is 0 Å². The molecule has 160 valence electrons. The predicted molar refractivity (Wildman–Crippen MR) is 130 cm³/mol. The second-order valence-corrected chi connectivity index (χ2v) is 11.6. The zero-order valence-electron chi connectivity index (χ0n) is 20.1. The minimum absolute atomic E-state index is 0.373.